The minimum absolute atomic E-state index is 0.162. The fourth-order valence-corrected chi connectivity index (χ4v) is 3.30. The molecule has 0 saturated heterocycles. The summed E-state index contributed by atoms with van der Waals surface area (Å²) in [5.41, 5.74) is 0.157. The highest BCUT2D eigenvalue weighted by Gasteiger charge is 2.38. The van der Waals surface area contributed by atoms with Crippen LogP contribution in [-0.2, 0) is 12.7 Å². The van der Waals surface area contributed by atoms with Crippen molar-refractivity contribution >= 4 is 15.9 Å². The normalized spacial score (nSPS) is 13.0. The van der Waals surface area contributed by atoms with Crippen molar-refractivity contribution in [2.45, 2.75) is 25.7 Å². The first-order valence-corrected chi connectivity index (χ1v) is 8.40. The molecule has 2 heterocycles. The van der Waals surface area contributed by atoms with Crippen LogP contribution < -0.4 is 0 Å². The lowest BCUT2D eigenvalue weighted by Gasteiger charge is -2.21. The van der Waals surface area contributed by atoms with Gasteiger partial charge in [-0.25, -0.2) is 4.98 Å². The molecule has 0 spiro atoms. The number of pyridine rings is 1. The van der Waals surface area contributed by atoms with E-state index in [2.05, 4.69) is 31.0 Å². The molecule has 0 aliphatic rings. The van der Waals surface area contributed by atoms with Crippen molar-refractivity contribution in [3.8, 4) is 11.1 Å². The molecule has 0 saturated carbocycles. The molecule has 1 unspecified atom stereocenters. The topological polar surface area (TPSA) is 63.8 Å². The number of nitrogens with zero attached hydrogens (tertiary/aromatic N) is 4. The zero-order valence-corrected chi connectivity index (χ0v) is 15.2. The fourth-order valence-electron chi connectivity index (χ4n) is 2.80. The van der Waals surface area contributed by atoms with E-state index in [1.54, 1.807) is 31.2 Å². The summed E-state index contributed by atoms with van der Waals surface area (Å²) >= 11 is 3.40. The van der Waals surface area contributed by atoms with Crippen LogP contribution in [0.15, 0.2) is 47.6 Å². The Balaban J connectivity index is 2.15. The summed E-state index contributed by atoms with van der Waals surface area (Å²) in [5.74, 6) is 0. The van der Waals surface area contributed by atoms with Crippen LogP contribution in [0.1, 0.15) is 22.9 Å². The molecule has 9 heteroatoms. The molecule has 136 valence electrons. The van der Waals surface area contributed by atoms with Crippen LogP contribution in [0.25, 0.3) is 11.1 Å². The second-order valence-corrected chi connectivity index (χ2v) is 6.52. The maximum atomic E-state index is 13.5. The molecule has 1 atom stereocenters. The summed E-state index contributed by atoms with van der Waals surface area (Å²) in [6.45, 7) is 1.39. The number of rotatable bonds is 4. The van der Waals surface area contributed by atoms with Gasteiger partial charge in [-0.05, 0) is 24.1 Å². The van der Waals surface area contributed by atoms with E-state index in [-0.39, 0.29) is 12.1 Å². The van der Waals surface area contributed by atoms with E-state index in [4.69, 9.17) is 0 Å². The molecule has 0 aliphatic heterocycles. The largest absolute Gasteiger partial charge is 0.433 e. The third-order valence-corrected chi connectivity index (χ3v) is 4.67. The number of benzene rings is 1. The van der Waals surface area contributed by atoms with E-state index in [0.29, 0.717) is 16.7 Å². The van der Waals surface area contributed by atoms with Crippen molar-refractivity contribution in [1.29, 1.82) is 0 Å². The molecule has 5 nitrogen and oxygen atoms in total. The maximum absolute atomic E-state index is 13.5. The van der Waals surface area contributed by atoms with E-state index < -0.39 is 18.0 Å². The fraction of sp³-hybridized carbons (Fsp3) is 0.235. The number of hydrogen-bond acceptors (Lipinski definition) is 4. The molecule has 0 amide bonds. The standard InChI is InChI=1S/C17H14BrF3N4O/c1-10-12(11-4-2-3-5-13(11)18)6-23-16(17(19,20)21)15(10)14(26)7-25-9-22-8-24-25/h2-6,8-9,14,26H,7H2,1H3. The average Bonchev–Trinajstić information content (AvgIpc) is 3.07. The number of aliphatic hydroxyl groups excluding tert-OH is 1. The second-order valence-electron chi connectivity index (χ2n) is 5.67. The van der Waals surface area contributed by atoms with Crippen LogP contribution in [0.3, 0.4) is 0 Å². The Morgan fingerprint density at radius 3 is 2.58 bits per heavy atom. The van der Waals surface area contributed by atoms with Crippen molar-refractivity contribution in [2.24, 2.45) is 0 Å². The molecule has 1 aromatic carbocycles. The minimum atomic E-state index is -4.68. The predicted molar refractivity (Wildman–Crippen MR) is 92.1 cm³/mol. The molecule has 0 fully saturated rings. The lowest BCUT2D eigenvalue weighted by atomic mass is 9.94. The smallest absolute Gasteiger partial charge is 0.386 e. The van der Waals surface area contributed by atoms with Crippen molar-refractivity contribution in [3.05, 3.63) is 64.4 Å². The predicted octanol–water partition coefficient (Wildman–Crippen LogP) is 4.16. The van der Waals surface area contributed by atoms with Crippen LogP contribution in [-0.4, -0.2) is 24.9 Å². The van der Waals surface area contributed by atoms with Gasteiger partial charge in [0.25, 0.3) is 0 Å². The average molecular weight is 427 g/mol. The highest BCUT2D eigenvalue weighted by molar-refractivity contribution is 9.10. The SMILES string of the molecule is Cc1c(-c2ccccc2Br)cnc(C(F)(F)F)c1C(O)Cn1cncn1. The molecule has 3 aromatic rings. The van der Waals surface area contributed by atoms with Gasteiger partial charge in [0, 0.05) is 21.8 Å². The number of aromatic nitrogens is 4. The zero-order chi connectivity index (χ0) is 18.9. The Hall–Kier alpha value is -2.26. The van der Waals surface area contributed by atoms with Crippen LogP contribution in [0.5, 0.6) is 0 Å². The van der Waals surface area contributed by atoms with Crippen LogP contribution >= 0.6 is 15.9 Å². The number of alkyl halides is 3. The second kappa shape index (κ2) is 7.16. The third kappa shape index (κ3) is 3.63. The van der Waals surface area contributed by atoms with Gasteiger partial charge in [0.1, 0.15) is 18.8 Å². The lowest BCUT2D eigenvalue weighted by Crippen LogP contribution is -2.19. The van der Waals surface area contributed by atoms with Crippen molar-refractivity contribution in [2.75, 3.05) is 0 Å². The van der Waals surface area contributed by atoms with Crippen LogP contribution in [0.2, 0.25) is 0 Å². The molecular weight excluding hydrogens is 413 g/mol. The first-order chi connectivity index (χ1) is 12.3. The Labute approximate surface area is 155 Å². The number of halogens is 4. The van der Waals surface area contributed by atoms with E-state index in [1.807, 2.05) is 0 Å². The van der Waals surface area contributed by atoms with Gasteiger partial charge in [-0.3, -0.25) is 9.67 Å². The Morgan fingerprint density at radius 2 is 1.96 bits per heavy atom. The van der Waals surface area contributed by atoms with Gasteiger partial charge in [-0.2, -0.15) is 18.3 Å². The summed E-state index contributed by atoms with van der Waals surface area (Å²) < 4.78 is 42.4. The quantitative estimate of drug-likeness (QED) is 0.679. The Kier molecular flexibility index (Phi) is 5.10. The highest BCUT2D eigenvalue weighted by atomic mass is 79.9. The highest BCUT2D eigenvalue weighted by Crippen LogP contribution is 2.39. The molecular formula is C17H14BrF3N4O. The van der Waals surface area contributed by atoms with E-state index in [9.17, 15) is 18.3 Å². The van der Waals surface area contributed by atoms with Gasteiger partial charge >= 0.3 is 6.18 Å². The van der Waals surface area contributed by atoms with Gasteiger partial charge in [-0.15, -0.1) is 0 Å². The van der Waals surface area contributed by atoms with Gasteiger partial charge in [0.15, 0.2) is 5.69 Å². The van der Waals surface area contributed by atoms with Crippen LogP contribution in [0.4, 0.5) is 13.2 Å². The summed E-state index contributed by atoms with van der Waals surface area (Å²) in [6.07, 6.45) is -2.36. The Bertz CT molecular complexity index is 913. The molecule has 0 aliphatic carbocycles. The first kappa shape index (κ1) is 18.5. The summed E-state index contributed by atoms with van der Waals surface area (Å²) in [7, 11) is 0. The van der Waals surface area contributed by atoms with E-state index >= 15 is 0 Å². The molecule has 26 heavy (non-hydrogen) atoms. The summed E-state index contributed by atoms with van der Waals surface area (Å²) in [4.78, 5) is 7.36. The first-order valence-electron chi connectivity index (χ1n) is 7.61. The van der Waals surface area contributed by atoms with Crippen molar-refractivity contribution < 1.29 is 18.3 Å². The monoisotopic (exact) mass is 426 g/mol. The number of hydrogen-bond donors (Lipinski definition) is 1. The maximum Gasteiger partial charge on any atom is 0.433 e. The van der Waals surface area contributed by atoms with Crippen molar-refractivity contribution in [3.63, 3.8) is 0 Å². The minimum Gasteiger partial charge on any atom is -0.386 e. The van der Waals surface area contributed by atoms with Crippen molar-refractivity contribution in [1.82, 2.24) is 19.7 Å². The summed E-state index contributed by atoms with van der Waals surface area (Å²) in [5, 5.41) is 14.4. The zero-order valence-electron chi connectivity index (χ0n) is 13.6. The molecule has 1 N–H and O–H groups in total. The summed E-state index contributed by atoms with van der Waals surface area (Å²) in [6, 6.07) is 7.15. The van der Waals surface area contributed by atoms with E-state index in [1.165, 1.54) is 23.5 Å². The molecule has 0 radical (unpaired) electrons. The van der Waals surface area contributed by atoms with Gasteiger partial charge < -0.3 is 5.11 Å². The lowest BCUT2D eigenvalue weighted by molar-refractivity contribution is -0.143. The van der Waals surface area contributed by atoms with E-state index in [0.717, 1.165) is 4.47 Å². The van der Waals surface area contributed by atoms with Gasteiger partial charge in [0.05, 0.1) is 6.54 Å². The third-order valence-electron chi connectivity index (χ3n) is 3.98. The Morgan fingerprint density at radius 1 is 1.23 bits per heavy atom. The van der Waals surface area contributed by atoms with Crippen LogP contribution in [0, 0.1) is 6.92 Å². The van der Waals surface area contributed by atoms with Gasteiger partial charge in [-0.1, -0.05) is 34.1 Å². The van der Waals surface area contributed by atoms with Gasteiger partial charge in [0.2, 0.25) is 0 Å². The molecule has 2 aromatic heterocycles. The number of aliphatic hydroxyl groups is 1. The molecule has 0 bridgehead atoms. The molecule has 3 rings (SSSR count).